The molecule has 0 unspecified atom stereocenters. The van der Waals surface area contributed by atoms with Crippen molar-refractivity contribution < 1.29 is 49.4 Å². The van der Waals surface area contributed by atoms with E-state index >= 15 is 0 Å². The van der Waals surface area contributed by atoms with E-state index in [2.05, 4.69) is 30.1 Å². The minimum absolute atomic E-state index is 0.0131. The zero-order chi connectivity index (χ0) is 44.9. The Morgan fingerprint density at radius 2 is 1.63 bits per heavy atom. The van der Waals surface area contributed by atoms with Crippen LogP contribution in [0.25, 0.3) is 0 Å². The fraction of sp³-hybridized carbons (Fsp3) is 0.708. The number of hydrogen-bond acceptors (Lipinski definition) is 9. The predicted octanol–water partition coefficient (Wildman–Crippen LogP) is 8.08. The number of allylic oxidation sites excluding steroid dienone is 2. The molecule has 1 aromatic carbocycles. The number of aliphatic carboxylic acids is 2. The SMILES string of the molecule is CCCCCCCCN1CCc2c(C)c(CC(=O)O)c(C)c(NC(=O)C(C)(C)C)c21.CC[C@H](C)C(=O)O[C@H]1C[C@H](O)C=C2C=C[C@H](C)[C@H](CC[C@@H](O)C[C@@H](O)CC(=O)O)[C@H]21. The number of carboxylic acid groups (broad SMARTS) is 2. The van der Waals surface area contributed by atoms with Gasteiger partial charge in [0.25, 0.3) is 0 Å². The second-order valence-electron chi connectivity index (χ2n) is 18.6. The van der Waals surface area contributed by atoms with E-state index in [1.54, 1.807) is 0 Å². The van der Waals surface area contributed by atoms with Crippen LogP contribution in [-0.4, -0.2) is 86.9 Å². The molecular weight excluding hydrogens is 765 g/mol. The lowest BCUT2D eigenvalue weighted by molar-refractivity contribution is -0.159. The molecule has 1 amide bonds. The van der Waals surface area contributed by atoms with Crippen LogP contribution in [0.1, 0.15) is 148 Å². The first kappa shape index (κ1) is 50.6. The summed E-state index contributed by atoms with van der Waals surface area (Å²) in [6, 6.07) is 0. The molecule has 0 saturated heterocycles. The maximum atomic E-state index is 12.8. The van der Waals surface area contributed by atoms with E-state index in [4.69, 9.17) is 9.84 Å². The molecule has 8 atom stereocenters. The number of carboxylic acids is 2. The summed E-state index contributed by atoms with van der Waals surface area (Å²) in [5.41, 5.74) is 6.38. The first-order chi connectivity index (χ1) is 28.2. The summed E-state index contributed by atoms with van der Waals surface area (Å²) in [4.78, 5) is 49.8. The Morgan fingerprint density at radius 3 is 2.25 bits per heavy atom. The van der Waals surface area contributed by atoms with Crippen LogP contribution in [0.15, 0.2) is 23.8 Å². The standard InChI is InChI=1S/C25H40N2O3.C23H36O7/c1-7-8-9-10-11-12-14-27-15-13-19-17(2)20(16-21(28)29)18(3)22(23(19)27)26-24(30)25(4,5)6;1-4-13(2)23(29)30-20-11-17(25)9-15-6-5-14(3)19(22(15)20)8-7-16(24)10-18(26)12-21(27)28/h7-16H2,1-6H3,(H,26,30)(H,28,29);5-6,9,13-14,16-20,22,24-26H,4,7-8,10-12H2,1-3H3,(H,27,28)/t;13-,14-,16+,17+,18+,19-,20-,22-/m.0/s1. The van der Waals surface area contributed by atoms with Gasteiger partial charge in [-0.25, -0.2) is 0 Å². The molecule has 1 aromatic rings. The highest BCUT2D eigenvalue weighted by atomic mass is 16.5. The van der Waals surface area contributed by atoms with Gasteiger partial charge in [0.2, 0.25) is 5.91 Å². The Morgan fingerprint density at radius 1 is 0.967 bits per heavy atom. The number of hydrogen-bond donors (Lipinski definition) is 6. The highest BCUT2D eigenvalue weighted by Crippen LogP contribution is 2.45. The van der Waals surface area contributed by atoms with Gasteiger partial charge in [0.15, 0.2) is 0 Å². The minimum Gasteiger partial charge on any atom is -0.481 e. The van der Waals surface area contributed by atoms with Crippen molar-refractivity contribution in [3.63, 3.8) is 0 Å². The molecule has 0 radical (unpaired) electrons. The van der Waals surface area contributed by atoms with Crippen LogP contribution in [0, 0.1) is 42.9 Å². The number of fused-ring (bicyclic) bond motifs is 2. The van der Waals surface area contributed by atoms with E-state index in [0.717, 1.165) is 59.6 Å². The van der Waals surface area contributed by atoms with Crippen LogP contribution in [-0.2, 0) is 36.8 Å². The molecule has 1 aliphatic heterocycles. The minimum atomic E-state index is -1.10. The van der Waals surface area contributed by atoms with Crippen molar-refractivity contribution in [1.29, 1.82) is 0 Å². The van der Waals surface area contributed by atoms with Crippen LogP contribution in [0.3, 0.4) is 0 Å². The molecular formula is C48H76N2O10. The Bertz CT molecular complexity index is 1680. The van der Waals surface area contributed by atoms with Crippen molar-refractivity contribution in [2.45, 2.75) is 177 Å². The largest absolute Gasteiger partial charge is 0.481 e. The molecule has 0 bridgehead atoms. The molecule has 3 aliphatic rings. The average Bonchev–Trinajstić information content (AvgIpc) is 3.58. The van der Waals surface area contributed by atoms with Gasteiger partial charge in [-0.3, -0.25) is 19.2 Å². The summed E-state index contributed by atoms with van der Waals surface area (Å²) >= 11 is 0. The topological polar surface area (TPSA) is 194 Å². The van der Waals surface area contributed by atoms with Crippen LogP contribution in [0.2, 0.25) is 0 Å². The number of benzene rings is 1. The zero-order valence-electron chi connectivity index (χ0n) is 37.9. The van der Waals surface area contributed by atoms with E-state index in [1.807, 2.05) is 60.6 Å². The molecule has 60 heavy (non-hydrogen) atoms. The van der Waals surface area contributed by atoms with Crippen molar-refractivity contribution in [1.82, 2.24) is 0 Å². The number of esters is 1. The quantitative estimate of drug-likeness (QED) is 0.0549. The Balaban J connectivity index is 0.000000320. The maximum Gasteiger partial charge on any atom is 0.308 e. The second-order valence-corrected chi connectivity index (χ2v) is 18.6. The summed E-state index contributed by atoms with van der Waals surface area (Å²) in [5.74, 6) is -2.18. The van der Waals surface area contributed by atoms with Crippen LogP contribution < -0.4 is 10.2 Å². The molecule has 338 valence electrons. The van der Waals surface area contributed by atoms with Crippen molar-refractivity contribution in [3.8, 4) is 0 Å². The number of aliphatic hydroxyl groups is 3. The number of unbranched alkanes of at least 4 members (excludes halogenated alkanes) is 5. The lowest BCUT2D eigenvalue weighted by atomic mass is 9.66. The number of rotatable bonds is 20. The molecule has 2 aliphatic carbocycles. The van der Waals surface area contributed by atoms with E-state index in [0.29, 0.717) is 25.7 Å². The normalized spacial score (nSPS) is 22.4. The van der Waals surface area contributed by atoms with Gasteiger partial charge in [0.1, 0.15) is 6.10 Å². The average molecular weight is 841 g/mol. The number of anilines is 2. The van der Waals surface area contributed by atoms with E-state index in [-0.39, 0.29) is 54.8 Å². The monoisotopic (exact) mass is 841 g/mol. The van der Waals surface area contributed by atoms with Gasteiger partial charge in [0.05, 0.1) is 48.4 Å². The number of amides is 1. The maximum absolute atomic E-state index is 12.8. The van der Waals surface area contributed by atoms with Crippen molar-refractivity contribution in [2.75, 3.05) is 23.3 Å². The Kier molecular flexibility index (Phi) is 19.8. The lowest BCUT2D eigenvalue weighted by Crippen LogP contribution is -2.43. The van der Waals surface area contributed by atoms with Gasteiger partial charge in [-0.2, -0.15) is 0 Å². The van der Waals surface area contributed by atoms with Crippen LogP contribution in [0.4, 0.5) is 11.4 Å². The van der Waals surface area contributed by atoms with Crippen molar-refractivity contribution in [2.24, 2.45) is 29.1 Å². The number of carbonyl (C=O) groups is 4. The van der Waals surface area contributed by atoms with Gasteiger partial charge in [-0.15, -0.1) is 0 Å². The molecule has 12 heteroatoms. The molecule has 0 saturated carbocycles. The van der Waals surface area contributed by atoms with Crippen molar-refractivity contribution >= 4 is 35.2 Å². The van der Waals surface area contributed by atoms with E-state index < -0.39 is 41.8 Å². The van der Waals surface area contributed by atoms with Crippen molar-refractivity contribution in [3.05, 3.63) is 46.1 Å². The summed E-state index contributed by atoms with van der Waals surface area (Å²) in [5, 5.41) is 51.7. The summed E-state index contributed by atoms with van der Waals surface area (Å²) < 4.78 is 5.84. The zero-order valence-corrected chi connectivity index (χ0v) is 37.9. The molecule has 4 rings (SSSR count). The molecule has 6 N–H and O–H groups in total. The second kappa shape index (κ2) is 23.5. The summed E-state index contributed by atoms with van der Waals surface area (Å²) in [7, 11) is 0. The Labute approximate surface area is 358 Å². The summed E-state index contributed by atoms with van der Waals surface area (Å²) in [6.45, 7) is 19.7. The van der Waals surface area contributed by atoms with Crippen LogP contribution >= 0.6 is 0 Å². The Hall–Kier alpha value is -3.74. The third-order valence-corrected chi connectivity index (χ3v) is 12.7. The first-order valence-electron chi connectivity index (χ1n) is 22.5. The number of ether oxygens (including phenoxy) is 1. The van der Waals surface area contributed by atoms with Crippen LogP contribution in [0.5, 0.6) is 0 Å². The van der Waals surface area contributed by atoms with E-state index in [1.165, 1.54) is 37.7 Å². The smallest absolute Gasteiger partial charge is 0.308 e. The molecule has 12 nitrogen and oxygen atoms in total. The number of carbonyl (C=O) groups excluding carboxylic acids is 2. The van der Waals surface area contributed by atoms with Gasteiger partial charge < -0.3 is 40.5 Å². The molecule has 0 spiro atoms. The number of nitrogens with zero attached hydrogens (tertiary/aromatic N) is 1. The number of nitrogens with one attached hydrogen (secondary N) is 1. The number of aliphatic hydroxyl groups excluding tert-OH is 3. The molecule has 1 heterocycles. The molecule has 0 fully saturated rings. The summed E-state index contributed by atoms with van der Waals surface area (Å²) in [6.07, 6.45) is 13.0. The van der Waals surface area contributed by atoms with Gasteiger partial charge in [0, 0.05) is 30.8 Å². The van der Waals surface area contributed by atoms with E-state index in [9.17, 15) is 39.6 Å². The predicted molar refractivity (Wildman–Crippen MR) is 236 cm³/mol. The highest BCUT2D eigenvalue weighted by Gasteiger charge is 2.42. The third-order valence-electron chi connectivity index (χ3n) is 12.7. The lowest BCUT2D eigenvalue weighted by Gasteiger charge is -2.43. The fourth-order valence-corrected chi connectivity index (χ4v) is 8.83. The fourth-order valence-electron chi connectivity index (χ4n) is 8.83. The van der Waals surface area contributed by atoms with Gasteiger partial charge >= 0.3 is 17.9 Å². The highest BCUT2D eigenvalue weighted by molar-refractivity contribution is 6.00. The van der Waals surface area contributed by atoms with Gasteiger partial charge in [-0.05, 0) is 92.0 Å². The molecule has 0 aromatic heterocycles. The third kappa shape index (κ3) is 14.4. The van der Waals surface area contributed by atoms with Gasteiger partial charge in [-0.1, -0.05) is 98.8 Å². The first-order valence-corrected chi connectivity index (χ1v) is 22.5.